The summed E-state index contributed by atoms with van der Waals surface area (Å²) in [5, 5.41) is 0. The number of halogens is 1. The zero-order chi connectivity index (χ0) is 19.0. The number of alkyl halides is 1. The molecule has 142 valence electrons. The summed E-state index contributed by atoms with van der Waals surface area (Å²) in [6, 6.07) is 11.7. The van der Waals surface area contributed by atoms with Crippen molar-refractivity contribution in [3.05, 3.63) is 64.2 Å². The largest absolute Gasteiger partial charge is 0.497 e. The first-order chi connectivity index (χ1) is 13.0. The number of ether oxygens (including phenoxy) is 2. The molecule has 0 saturated carbocycles. The number of fused-ring (bicyclic) bond motifs is 1. The van der Waals surface area contributed by atoms with Crippen molar-refractivity contribution in [2.24, 2.45) is 0 Å². The third-order valence-electron chi connectivity index (χ3n) is 5.69. The molecule has 2 aromatic carbocycles. The fraction of sp³-hybridized carbons (Fsp3) is 0.409. The van der Waals surface area contributed by atoms with Crippen LogP contribution in [-0.4, -0.2) is 37.2 Å². The number of carbonyl (C=O) groups is 1. The molecule has 1 saturated heterocycles. The maximum atomic E-state index is 14.5. The summed E-state index contributed by atoms with van der Waals surface area (Å²) >= 11 is 0. The fourth-order valence-electron chi connectivity index (χ4n) is 4.28. The van der Waals surface area contributed by atoms with Gasteiger partial charge in [0, 0.05) is 25.2 Å². The number of likely N-dealkylation sites (tertiary alicyclic amines) is 1. The van der Waals surface area contributed by atoms with Gasteiger partial charge >= 0.3 is 5.97 Å². The lowest BCUT2D eigenvalue weighted by Gasteiger charge is -2.35. The van der Waals surface area contributed by atoms with Crippen LogP contribution < -0.4 is 4.74 Å². The summed E-state index contributed by atoms with van der Waals surface area (Å²) in [5.41, 5.74) is 4.96. The zero-order valence-corrected chi connectivity index (χ0v) is 15.7. The van der Waals surface area contributed by atoms with Gasteiger partial charge in [-0.3, -0.25) is 4.90 Å². The van der Waals surface area contributed by atoms with Gasteiger partial charge in [-0.25, -0.2) is 9.18 Å². The quantitative estimate of drug-likeness (QED) is 0.764. The zero-order valence-electron chi connectivity index (χ0n) is 15.7. The molecule has 27 heavy (non-hydrogen) atoms. The molecule has 0 N–H and O–H groups in total. The van der Waals surface area contributed by atoms with E-state index in [4.69, 9.17) is 9.47 Å². The lowest BCUT2D eigenvalue weighted by Crippen LogP contribution is -2.40. The van der Waals surface area contributed by atoms with Crippen molar-refractivity contribution >= 4 is 5.97 Å². The van der Waals surface area contributed by atoms with Crippen molar-refractivity contribution in [2.75, 3.05) is 20.2 Å². The van der Waals surface area contributed by atoms with Crippen LogP contribution in [0.1, 0.15) is 45.0 Å². The number of benzene rings is 2. The molecule has 0 aromatic heterocycles. The van der Waals surface area contributed by atoms with Crippen LogP contribution in [0, 0.1) is 6.92 Å². The minimum Gasteiger partial charge on any atom is -0.497 e. The fourth-order valence-corrected chi connectivity index (χ4v) is 4.28. The Morgan fingerprint density at radius 1 is 1.19 bits per heavy atom. The van der Waals surface area contributed by atoms with Crippen molar-refractivity contribution in [2.45, 2.75) is 38.6 Å². The third kappa shape index (κ3) is 3.56. The van der Waals surface area contributed by atoms with Gasteiger partial charge in [0.05, 0.1) is 12.7 Å². The SMILES string of the molecule is COc1ccc(CN2CC(F)CC(c3ccc4c(c3C)COC4=O)C2)cc1. The van der Waals surface area contributed by atoms with Crippen molar-refractivity contribution in [1.29, 1.82) is 0 Å². The predicted octanol–water partition coefficient (Wildman–Crippen LogP) is 4.00. The highest BCUT2D eigenvalue weighted by Crippen LogP contribution is 2.35. The minimum atomic E-state index is -0.854. The summed E-state index contributed by atoms with van der Waals surface area (Å²) in [4.78, 5) is 13.9. The van der Waals surface area contributed by atoms with E-state index in [1.54, 1.807) is 7.11 Å². The molecule has 0 radical (unpaired) electrons. The number of carbonyl (C=O) groups excluding carboxylic acids is 1. The molecular formula is C22H24FNO3. The maximum Gasteiger partial charge on any atom is 0.338 e. The number of cyclic esters (lactones) is 1. The number of rotatable bonds is 4. The Hall–Kier alpha value is -2.40. The number of methoxy groups -OCH3 is 1. The van der Waals surface area contributed by atoms with Crippen molar-refractivity contribution < 1.29 is 18.7 Å². The summed E-state index contributed by atoms with van der Waals surface area (Å²) in [6.45, 7) is 4.32. The van der Waals surface area contributed by atoms with Crippen LogP contribution >= 0.6 is 0 Å². The monoisotopic (exact) mass is 369 g/mol. The molecule has 2 atom stereocenters. The Morgan fingerprint density at radius 3 is 2.70 bits per heavy atom. The van der Waals surface area contributed by atoms with Gasteiger partial charge in [0.2, 0.25) is 0 Å². The van der Waals surface area contributed by atoms with Crippen LogP contribution in [0.15, 0.2) is 36.4 Å². The van der Waals surface area contributed by atoms with E-state index in [0.29, 0.717) is 31.7 Å². The van der Waals surface area contributed by atoms with Gasteiger partial charge in [-0.2, -0.15) is 0 Å². The third-order valence-corrected chi connectivity index (χ3v) is 5.69. The predicted molar refractivity (Wildman–Crippen MR) is 101 cm³/mol. The van der Waals surface area contributed by atoms with E-state index >= 15 is 0 Å². The molecule has 4 rings (SSSR count). The van der Waals surface area contributed by atoms with Gasteiger partial charge in [0.15, 0.2) is 0 Å². The second kappa shape index (κ2) is 7.31. The molecule has 2 unspecified atom stereocenters. The Bertz CT molecular complexity index is 849. The van der Waals surface area contributed by atoms with Crippen molar-refractivity contribution in [3.63, 3.8) is 0 Å². The van der Waals surface area contributed by atoms with E-state index in [0.717, 1.165) is 34.5 Å². The van der Waals surface area contributed by atoms with Gasteiger partial charge < -0.3 is 9.47 Å². The molecule has 0 spiro atoms. The summed E-state index contributed by atoms with van der Waals surface area (Å²) in [6.07, 6.45) is -0.333. The van der Waals surface area contributed by atoms with Gasteiger partial charge in [0.25, 0.3) is 0 Å². The molecule has 2 heterocycles. The van der Waals surface area contributed by atoms with E-state index in [2.05, 4.69) is 4.90 Å². The molecular weight excluding hydrogens is 345 g/mol. The maximum absolute atomic E-state index is 14.5. The van der Waals surface area contributed by atoms with Crippen LogP contribution in [-0.2, 0) is 17.9 Å². The minimum absolute atomic E-state index is 0.119. The number of hydrogen-bond acceptors (Lipinski definition) is 4. The van der Waals surface area contributed by atoms with Crippen LogP contribution in [0.4, 0.5) is 4.39 Å². The van der Waals surface area contributed by atoms with Gasteiger partial charge in [-0.1, -0.05) is 18.2 Å². The summed E-state index contributed by atoms with van der Waals surface area (Å²) in [5.74, 6) is 0.685. The highest BCUT2D eigenvalue weighted by molar-refractivity contribution is 5.94. The Kier molecular flexibility index (Phi) is 4.87. The average molecular weight is 369 g/mol. The topological polar surface area (TPSA) is 38.8 Å². The molecule has 2 aliphatic rings. The standard InChI is InChI=1S/C22H24FNO3/c1-14-19(7-8-20-21(14)13-27-22(20)25)16-9-17(23)12-24(11-16)10-15-3-5-18(26-2)6-4-15/h3-8,16-17H,9-13H2,1-2H3. The Balaban J connectivity index is 1.53. The Morgan fingerprint density at radius 2 is 1.96 bits per heavy atom. The normalized spacial score (nSPS) is 22.4. The van der Waals surface area contributed by atoms with E-state index in [9.17, 15) is 9.18 Å². The molecule has 0 amide bonds. The molecule has 0 aliphatic carbocycles. The highest BCUT2D eigenvalue weighted by Gasteiger charge is 2.31. The van der Waals surface area contributed by atoms with Crippen LogP contribution in [0.2, 0.25) is 0 Å². The lowest BCUT2D eigenvalue weighted by atomic mass is 9.84. The number of nitrogens with zero attached hydrogens (tertiary/aromatic N) is 1. The first-order valence-corrected chi connectivity index (χ1v) is 9.34. The van der Waals surface area contributed by atoms with Gasteiger partial charge in [-0.05, 0) is 54.2 Å². The molecule has 5 heteroatoms. The smallest absolute Gasteiger partial charge is 0.338 e. The molecule has 4 nitrogen and oxygen atoms in total. The average Bonchev–Trinajstić information content (AvgIpc) is 3.04. The Labute approximate surface area is 158 Å². The molecule has 2 aliphatic heterocycles. The van der Waals surface area contributed by atoms with Gasteiger partial charge in [0.1, 0.15) is 18.5 Å². The van der Waals surface area contributed by atoms with Crippen LogP contribution in [0.5, 0.6) is 5.75 Å². The lowest BCUT2D eigenvalue weighted by molar-refractivity contribution is 0.0535. The molecule has 0 bridgehead atoms. The first-order valence-electron chi connectivity index (χ1n) is 9.34. The first kappa shape index (κ1) is 18.0. The molecule has 2 aromatic rings. The highest BCUT2D eigenvalue weighted by atomic mass is 19.1. The number of esters is 1. The summed E-state index contributed by atoms with van der Waals surface area (Å²) < 4.78 is 24.9. The molecule has 1 fully saturated rings. The van der Waals surface area contributed by atoms with Crippen LogP contribution in [0.25, 0.3) is 0 Å². The van der Waals surface area contributed by atoms with Crippen molar-refractivity contribution in [1.82, 2.24) is 4.90 Å². The van der Waals surface area contributed by atoms with Gasteiger partial charge in [-0.15, -0.1) is 0 Å². The van der Waals surface area contributed by atoms with Crippen LogP contribution in [0.3, 0.4) is 0 Å². The second-order valence-corrected chi connectivity index (χ2v) is 7.45. The van der Waals surface area contributed by atoms with E-state index < -0.39 is 6.17 Å². The van der Waals surface area contributed by atoms with E-state index in [1.807, 2.05) is 43.3 Å². The van der Waals surface area contributed by atoms with Crippen molar-refractivity contribution in [3.8, 4) is 5.75 Å². The number of hydrogen-bond donors (Lipinski definition) is 0. The summed E-state index contributed by atoms with van der Waals surface area (Å²) in [7, 11) is 1.65. The number of piperidine rings is 1. The van der Waals surface area contributed by atoms with E-state index in [-0.39, 0.29) is 11.9 Å². The van der Waals surface area contributed by atoms with E-state index in [1.165, 1.54) is 0 Å². The second-order valence-electron chi connectivity index (χ2n) is 7.45.